The smallest absolute Gasteiger partial charge is 0.233 e. The average Bonchev–Trinajstić information content (AvgIpc) is 2.49. The fraction of sp³-hybridized carbons (Fsp3) is 0.357. The number of aromatic nitrogens is 3. The van der Waals surface area contributed by atoms with Gasteiger partial charge in [0.05, 0.1) is 18.8 Å². The zero-order valence-corrected chi connectivity index (χ0v) is 13.1. The summed E-state index contributed by atoms with van der Waals surface area (Å²) < 4.78 is 6.01. The Kier molecular flexibility index (Phi) is 5.43. The highest BCUT2D eigenvalue weighted by atomic mass is 79.9. The van der Waals surface area contributed by atoms with Gasteiger partial charge in [-0.2, -0.15) is 5.10 Å². The van der Waals surface area contributed by atoms with E-state index >= 15 is 0 Å². The van der Waals surface area contributed by atoms with Crippen molar-refractivity contribution in [3.8, 4) is 5.88 Å². The Labute approximate surface area is 126 Å². The largest absolute Gasteiger partial charge is 0.480 e. The molecule has 1 N–H and O–H groups in total. The monoisotopic (exact) mass is 336 g/mol. The second-order valence-corrected chi connectivity index (χ2v) is 5.20. The van der Waals surface area contributed by atoms with Gasteiger partial charge in [-0.3, -0.25) is 4.98 Å². The minimum atomic E-state index is 0.0899. The maximum Gasteiger partial charge on any atom is 0.233 e. The topological polar surface area (TPSA) is 59.9 Å². The van der Waals surface area contributed by atoms with E-state index in [1.54, 1.807) is 13.3 Å². The van der Waals surface area contributed by atoms with Crippen LogP contribution < -0.4 is 10.1 Å². The highest BCUT2D eigenvalue weighted by Gasteiger charge is 2.14. The van der Waals surface area contributed by atoms with E-state index in [0.29, 0.717) is 5.88 Å². The summed E-state index contributed by atoms with van der Waals surface area (Å²) in [5.74, 6) is 0.519. The van der Waals surface area contributed by atoms with E-state index in [-0.39, 0.29) is 6.04 Å². The first-order chi connectivity index (χ1) is 9.72. The molecule has 0 aromatic carbocycles. The zero-order valence-electron chi connectivity index (χ0n) is 11.5. The molecular formula is C14H17BrN4O. The van der Waals surface area contributed by atoms with Crippen LogP contribution in [0.15, 0.2) is 34.9 Å². The molecule has 6 heteroatoms. The lowest BCUT2D eigenvalue weighted by Crippen LogP contribution is -2.24. The molecule has 0 aliphatic heterocycles. The third-order valence-electron chi connectivity index (χ3n) is 2.88. The molecule has 2 aromatic heterocycles. The summed E-state index contributed by atoms with van der Waals surface area (Å²) >= 11 is 3.39. The molecule has 0 saturated carbocycles. The van der Waals surface area contributed by atoms with Gasteiger partial charge in [-0.25, -0.2) is 0 Å². The van der Waals surface area contributed by atoms with E-state index in [2.05, 4.69) is 43.4 Å². The van der Waals surface area contributed by atoms with Gasteiger partial charge in [0.1, 0.15) is 0 Å². The molecule has 0 spiro atoms. The first kappa shape index (κ1) is 14.9. The second kappa shape index (κ2) is 7.31. The standard InChI is InChI=1S/C14H17BrN4O/c1-3-16-13(8-11-5-4-10(15)9-17-11)12-6-7-14(20-2)19-18-12/h4-7,9,13,16H,3,8H2,1-2H3. The van der Waals surface area contributed by atoms with Gasteiger partial charge in [-0.05, 0) is 40.7 Å². The van der Waals surface area contributed by atoms with E-state index in [4.69, 9.17) is 4.74 Å². The molecule has 2 rings (SSSR count). The molecule has 106 valence electrons. The Morgan fingerprint density at radius 1 is 1.25 bits per heavy atom. The quantitative estimate of drug-likeness (QED) is 0.878. The SMILES string of the molecule is CCNC(Cc1ccc(Br)cn1)c1ccc(OC)nn1. The number of halogens is 1. The fourth-order valence-corrected chi connectivity index (χ4v) is 2.12. The van der Waals surface area contributed by atoms with Crippen LogP contribution in [-0.2, 0) is 6.42 Å². The Morgan fingerprint density at radius 3 is 2.65 bits per heavy atom. The van der Waals surface area contributed by atoms with Crippen molar-refractivity contribution in [2.24, 2.45) is 0 Å². The number of pyridine rings is 1. The summed E-state index contributed by atoms with van der Waals surface area (Å²) in [5.41, 5.74) is 1.90. The molecule has 0 aliphatic rings. The Balaban J connectivity index is 2.14. The fourth-order valence-electron chi connectivity index (χ4n) is 1.89. The van der Waals surface area contributed by atoms with E-state index in [0.717, 1.165) is 28.8 Å². The number of hydrogen-bond donors (Lipinski definition) is 1. The molecule has 0 fully saturated rings. The first-order valence-corrected chi connectivity index (χ1v) is 7.23. The van der Waals surface area contributed by atoms with Crippen LogP contribution in [0.3, 0.4) is 0 Å². The van der Waals surface area contributed by atoms with Gasteiger partial charge < -0.3 is 10.1 Å². The summed E-state index contributed by atoms with van der Waals surface area (Å²) in [7, 11) is 1.58. The van der Waals surface area contributed by atoms with Crippen LogP contribution in [0.5, 0.6) is 5.88 Å². The van der Waals surface area contributed by atoms with Crippen molar-refractivity contribution in [3.05, 3.63) is 46.3 Å². The summed E-state index contributed by atoms with van der Waals surface area (Å²) in [6, 6.07) is 7.84. The van der Waals surface area contributed by atoms with E-state index in [1.807, 2.05) is 24.3 Å². The minimum Gasteiger partial charge on any atom is -0.480 e. The van der Waals surface area contributed by atoms with Gasteiger partial charge in [0, 0.05) is 28.9 Å². The summed E-state index contributed by atoms with van der Waals surface area (Å²) in [5, 5.41) is 11.6. The molecule has 2 heterocycles. The van der Waals surface area contributed by atoms with Crippen molar-refractivity contribution in [2.45, 2.75) is 19.4 Å². The molecule has 0 aliphatic carbocycles. The molecule has 0 saturated heterocycles. The molecule has 1 atom stereocenters. The van der Waals surface area contributed by atoms with Crippen molar-refractivity contribution < 1.29 is 4.74 Å². The molecular weight excluding hydrogens is 320 g/mol. The van der Waals surface area contributed by atoms with Crippen LogP contribution in [0, 0.1) is 0 Å². The van der Waals surface area contributed by atoms with Crippen LogP contribution in [0.1, 0.15) is 24.4 Å². The van der Waals surface area contributed by atoms with Crippen molar-refractivity contribution in [1.82, 2.24) is 20.5 Å². The second-order valence-electron chi connectivity index (χ2n) is 4.28. The number of nitrogens with one attached hydrogen (secondary N) is 1. The number of methoxy groups -OCH3 is 1. The third-order valence-corrected chi connectivity index (χ3v) is 3.35. The van der Waals surface area contributed by atoms with Crippen molar-refractivity contribution in [3.63, 3.8) is 0 Å². The zero-order chi connectivity index (χ0) is 14.4. The molecule has 5 nitrogen and oxygen atoms in total. The Hall–Kier alpha value is -1.53. The Morgan fingerprint density at radius 2 is 2.10 bits per heavy atom. The number of hydrogen-bond acceptors (Lipinski definition) is 5. The van der Waals surface area contributed by atoms with Gasteiger partial charge in [-0.1, -0.05) is 6.92 Å². The summed E-state index contributed by atoms with van der Waals surface area (Å²) in [4.78, 5) is 4.40. The molecule has 0 amide bonds. The average molecular weight is 337 g/mol. The van der Waals surface area contributed by atoms with Crippen LogP contribution in [0.4, 0.5) is 0 Å². The molecule has 1 unspecified atom stereocenters. The maximum absolute atomic E-state index is 5.03. The van der Waals surface area contributed by atoms with Crippen molar-refractivity contribution >= 4 is 15.9 Å². The number of likely N-dealkylation sites (N-methyl/N-ethyl adjacent to an activating group) is 1. The molecule has 2 aromatic rings. The third kappa shape index (κ3) is 3.98. The van der Waals surface area contributed by atoms with Gasteiger partial charge >= 0.3 is 0 Å². The molecule has 0 bridgehead atoms. The lowest BCUT2D eigenvalue weighted by molar-refractivity contribution is 0.389. The Bertz CT molecular complexity index is 530. The number of rotatable bonds is 6. The molecule has 20 heavy (non-hydrogen) atoms. The van der Waals surface area contributed by atoms with Gasteiger partial charge in [-0.15, -0.1) is 5.10 Å². The van der Waals surface area contributed by atoms with E-state index in [1.165, 1.54) is 0 Å². The molecule has 0 radical (unpaired) electrons. The van der Waals surface area contributed by atoms with Crippen LogP contribution >= 0.6 is 15.9 Å². The van der Waals surface area contributed by atoms with E-state index in [9.17, 15) is 0 Å². The normalized spacial score (nSPS) is 12.2. The minimum absolute atomic E-state index is 0.0899. The maximum atomic E-state index is 5.03. The lowest BCUT2D eigenvalue weighted by Gasteiger charge is -2.16. The highest BCUT2D eigenvalue weighted by molar-refractivity contribution is 9.10. The predicted octanol–water partition coefficient (Wildman–Crippen LogP) is 2.54. The number of ether oxygens (including phenoxy) is 1. The predicted molar refractivity (Wildman–Crippen MR) is 80.6 cm³/mol. The van der Waals surface area contributed by atoms with E-state index < -0.39 is 0 Å². The van der Waals surface area contributed by atoms with Crippen molar-refractivity contribution in [2.75, 3.05) is 13.7 Å². The van der Waals surface area contributed by atoms with Gasteiger partial charge in [0.15, 0.2) is 0 Å². The van der Waals surface area contributed by atoms with Gasteiger partial charge in [0.2, 0.25) is 5.88 Å². The highest BCUT2D eigenvalue weighted by Crippen LogP contribution is 2.17. The number of nitrogens with zero attached hydrogens (tertiary/aromatic N) is 3. The van der Waals surface area contributed by atoms with Crippen molar-refractivity contribution in [1.29, 1.82) is 0 Å². The van der Waals surface area contributed by atoms with Gasteiger partial charge in [0.25, 0.3) is 0 Å². The van der Waals surface area contributed by atoms with Crippen LogP contribution in [-0.4, -0.2) is 28.8 Å². The lowest BCUT2D eigenvalue weighted by atomic mass is 10.1. The van der Waals surface area contributed by atoms with Crippen LogP contribution in [0.25, 0.3) is 0 Å². The first-order valence-electron chi connectivity index (χ1n) is 6.44. The van der Waals surface area contributed by atoms with Crippen LogP contribution in [0.2, 0.25) is 0 Å². The summed E-state index contributed by atoms with van der Waals surface area (Å²) in [6.07, 6.45) is 2.57. The summed E-state index contributed by atoms with van der Waals surface area (Å²) in [6.45, 7) is 2.92.